The first-order chi connectivity index (χ1) is 13.2. The molecular formula is C22H15FN2OS. The van der Waals surface area contributed by atoms with E-state index in [-0.39, 0.29) is 11.7 Å². The molecule has 4 rings (SSSR count). The summed E-state index contributed by atoms with van der Waals surface area (Å²) in [5.74, 6) is -0.584. The number of rotatable bonds is 4. The summed E-state index contributed by atoms with van der Waals surface area (Å²) in [5.41, 5.74) is 2.58. The molecule has 1 amide bonds. The van der Waals surface area contributed by atoms with E-state index < -0.39 is 0 Å². The third-order valence-electron chi connectivity index (χ3n) is 4.08. The van der Waals surface area contributed by atoms with Crippen molar-refractivity contribution in [2.24, 2.45) is 0 Å². The van der Waals surface area contributed by atoms with Gasteiger partial charge in [-0.3, -0.25) is 10.1 Å². The molecule has 0 unspecified atom stereocenters. The Morgan fingerprint density at radius 2 is 1.78 bits per heavy atom. The fourth-order valence-electron chi connectivity index (χ4n) is 2.71. The van der Waals surface area contributed by atoms with E-state index in [0.717, 1.165) is 22.2 Å². The topological polar surface area (TPSA) is 42.0 Å². The smallest absolute Gasteiger partial charge is 0.250 e. The Bertz CT molecular complexity index is 1130. The number of nitrogens with zero attached hydrogens (tertiary/aromatic N) is 1. The van der Waals surface area contributed by atoms with Crippen LogP contribution in [0.3, 0.4) is 0 Å². The van der Waals surface area contributed by atoms with Gasteiger partial charge in [0.05, 0.1) is 5.69 Å². The van der Waals surface area contributed by atoms with Crippen LogP contribution in [0.25, 0.3) is 28.1 Å². The van der Waals surface area contributed by atoms with Gasteiger partial charge in [-0.05, 0) is 40.6 Å². The van der Waals surface area contributed by atoms with Crippen LogP contribution in [-0.2, 0) is 4.79 Å². The molecule has 0 bridgehead atoms. The fourth-order valence-corrected chi connectivity index (χ4v) is 3.43. The molecule has 0 saturated carbocycles. The van der Waals surface area contributed by atoms with Gasteiger partial charge >= 0.3 is 0 Å². The number of aromatic nitrogens is 1. The highest BCUT2D eigenvalue weighted by molar-refractivity contribution is 7.14. The maximum absolute atomic E-state index is 12.9. The summed E-state index contributed by atoms with van der Waals surface area (Å²) in [4.78, 5) is 16.6. The highest BCUT2D eigenvalue weighted by atomic mass is 32.1. The minimum atomic E-state index is -0.305. The fraction of sp³-hybridized carbons (Fsp3) is 0. The quantitative estimate of drug-likeness (QED) is 0.462. The van der Waals surface area contributed by atoms with Gasteiger partial charge in [-0.25, -0.2) is 9.37 Å². The Morgan fingerprint density at radius 1 is 1.00 bits per heavy atom. The lowest BCUT2D eigenvalue weighted by Gasteiger charge is -2.01. The van der Waals surface area contributed by atoms with Crippen molar-refractivity contribution in [2.45, 2.75) is 0 Å². The van der Waals surface area contributed by atoms with Gasteiger partial charge < -0.3 is 0 Å². The Hall–Kier alpha value is -3.31. The third kappa shape index (κ3) is 4.10. The predicted molar refractivity (Wildman–Crippen MR) is 109 cm³/mol. The number of hydrogen-bond donors (Lipinski definition) is 1. The van der Waals surface area contributed by atoms with Crippen LogP contribution >= 0.6 is 11.3 Å². The predicted octanol–water partition coefficient (Wildman–Crippen LogP) is 5.75. The monoisotopic (exact) mass is 374 g/mol. The minimum absolute atomic E-state index is 0.279. The molecule has 5 heteroatoms. The maximum Gasteiger partial charge on any atom is 0.250 e. The van der Waals surface area contributed by atoms with E-state index in [1.165, 1.54) is 34.9 Å². The number of carbonyl (C=O) groups excluding carboxylic acids is 1. The van der Waals surface area contributed by atoms with Crippen molar-refractivity contribution < 1.29 is 9.18 Å². The molecule has 0 aliphatic heterocycles. The SMILES string of the molecule is O=C(C=Cc1ccc(F)cc1)Nc1nc(-c2ccc3ccccc3c2)cs1. The first-order valence-corrected chi connectivity index (χ1v) is 9.25. The Labute approximate surface area is 159 Å². The van der Waals surface area contributed by atoms with E-state index in [4.69, 9.17) is 0 Å². The number of benzene rings is 3. The number of halogens is 1. The zero-order valence-electron chi connectivity index (χ0n) is 14.2. The van der Waals surface area contributed by atoms with E-state index in [1.54, 1.807) is 18.2 Å². The van der Waals surface area contributed by atoms with E-state index in [1.807, 2.05) is 23.6 Å². The molecular weight excluding hydrogens is 359 g/mol. The van der Waals surface area contributed by atoms with Gasteiger partial charge in [0, 0.05) is 17.0 Å². The summed E-state index contributed by atoms with van der Waals surface area (Å²) < 4.78 is 12.9. The standard InChI is InChI=1S/C22H15FN2OS/c23-19-10-5-15(6-11-19)7-12-21(26)25-22-24-20(14-27-22)18-9-8-16-3-1-2-4-17(16)13-18/h1-14H,(H,24,25,26). The van der Waals surface area contributed by atoms with Crippen molar-refractivity contribution in [1.82, 2.24) is 4.98 Å². The van der Waals surface area contributed by atoms with Crippen LogP contribution in [0.5, 0.6) is 0 Å². The summed E-state index contributed by atoms with van der Waals surface area (Å²) in [6, 6.07) is 20.3. The number of amides is 1. The highest BCUT2D eigenvalue weighted by Gasteiger charge is 2.07. The first kappa shape index (κ1) is 17.1. The molecule has 3 aromatic carbocycles. The van der Waals surface area contributed by atoms with Crippen LogP contribution < -0.4 is 5.32 Å². The molecule has 132 valence electrons. The maximum atomic E-state index is 12.9. The van der Waals surface area contributed by atoms with E-state index in [2.05, 4.69) is 34.6 Å². The number of carbonyl (C=O) groups is 1. The highest BCUT2D eigenvalue weighted by Crippen LogP contribution is 2.27. The number of thiazole rings is 1. The number of hydrogen-bond acceptors (Lipinski definition) is 3. The van der Waals surface area contributed by atoms with Gasteiger partial charge in [0.2, 0.25) is 5.91 Å². The van der Waals surface area contributed by atoms with Crippen LogP contribution in [0.2, 0.25) is 0 Å². The second kappa shape index (κ2) is 7.51. The minimum Gasteiger partial charge on any atom is -0.298 e. The third-order valence-corrected chi connectivity index (χ3v) is 4.83. The van der Waals surface area contributed by atoms with Crippen molar-refractivity contribution in [2.75, 3.05) is 5.32 Å². The van der Waals surface area contributed by atoms with Crippen LogP contribution in [0.15, 0.2) is 78.2 Å². The molecule has 0 radical (unpaired) electrons. The van der Waals surface area contributed by atoms with Crippen LogP contribution in [0.1, 0.15) is 5.56 Å². The number of nitrogens with one attached hydrogen (secondary N) is 1. The van der Waals surface area contributed by atoms with Gasteiger partial charge in [0.25, 0.3) is 0 Å². The van der Waals surface area contributed by atoms with Gasteiger partial charge in [-0.1, -0.05) is 48.5 Å². The summed E-state index contributed by atoms with van der Waals surface area (Å²) >= 11 is 1.38. The van der Waals surface area contributed by atoms with Crippen LogP contribution in [-0.4, -0.2) is 10.9 Å². The average molecular weight is 374 g/mol. The Kier molecular flexibility index (Phi) is 4.77. The van der Waals surface area contributed by atoms with E-state index >= 15 is 0 Å². The molecule has 0 spiro atoms. The summed E-state index contributed by atoms with van der Waals surface area (Å²) in [7, 11) is 0. The van der Waals surface area contributed by atoms with Crippen molar-refractivity contribution in [3.8, 4) is 11.3 Å². The van der Waals surface area contributed by atoms with Crippen LogP contribution in [0, 0.1) is 5.82 Å². The van der Waals surface area contributed by atoms with Gasteiger partial charge in [0.15, 0.2) is 5.13 Å². The largest absolute Gasteiger partial charge is 0.298 e. The Morgan fingerprint density at radius 3 is 2.59 bits per heavy atom. The molecule has 0 aliphatic rings. The molecule has 4 aromatic rings. The summed E-state index contributed by atoms with van der Waals surface area (Å²) in [6.45, 7) is 0. The molecule has 0 fully saturated rings. The van der Waals surface area contributed by atoms with Crippen molar-refractivity contribution in [1.29, 1.82) is 0 Å². The van der Waals surface area contributed by atoms with Crippen molar-refractivity contribution in [3.63, 3.8) is 0 Å². The van der Waals surface area contributed by atoms with Gasteiger partial charge in [0.1, 0.15) is 5.82 Å². The lowest BCUT2D eigenvalue weighted by Crippen LogP contribution is -2.07. The molecule has 27 heavy (non-hydrogen) atoms. The normalized spacial score (nSPS) is 11.1. The second-order valence-electron chi connectivity index (χ2n) is 5.97. The van der Waals surface area contributed by atoms with Crippen LogP contribution in [0.4, 0.5) is 9.52 Å². The molecule has 0 atom stereocenters. The van der Waals surface area contributed by atoms with Crippen molar-refractivity contribution in [3.05, 3.63) is 89.6 Å². The van der Waals surface area contributed by atoms with E-state index in [0.29, 0.717) is 5.13 Å². The molecule has 0 aliphatic carbocycles. The average Bonchev–Trinajstić information content (AvgIpc) is 3.15. The molecule has 1 N–H and O–H groups in total. The van der Waals surface area contributed by atoms with E-state index in [9.17, 15) is 9.18 Å². The summed E-state index contributed by atoms with van der Waals surface area (Å²) in [6.07, 6.45) is 3.04. The lowest BCUT2D eigenvalue weighted by molar-refractivity contribution is -0.111. The molecule has 3 nitrogen and oxygen atoms in total. The molecule has 1 aromatic heterocycles. The molecule has 0 saturated heterocycles. The zero-order chi connectivity index (χ0) is 18.6. The number of fused-ring (bicyclic) bond motifs is 1. The number of anilines is 1. The van der Waals surface area contributed by atoms with Crippen molar-refractivity contribution >= 4 is 39.2 Å². The zero-order valence-corrected chi connectivity index (χ0v) is 15.0. The van der Waals surface area contributed by atoms with Gasteiger partial charge in [-0.2, -0.15) is 0 Å². The first-order valence-electron chi connectivity index (χ1n) is 8.37. The Balaban J connectivity index is 1.47. The second-order valence-corrected chi connectivity index (χ2v) is 6.83. The van der Waals surface area contributed by atoms with Gasteiger partial charge in [-0.15, -0.1) is 11.3 Å². The molecule has 1 heterocycles. The summed E-state index contributed by atoms with van der Waals surface area (Å²) in [5, 5.41) is 7.54. The lowest BCUT2D eigenvalue weighted by atomic mass is 10.1.